The van der Waals surface area contributed by atoms with Crippen LogP contribution in [0.4, 0.5) is 0 Å². The number of hydrogen-bond donors (Lipinski definition) is 1. The number of nitrogens with one attached hydrogen (secondary N) is 1. The van der Waals surface area contributed by atoms with Gasteiger partial charge in [0, 0.05) is 19.1 Å². The van der Waals surface area contributed by atoms with Gasteiger partial charge in [-0.15, -0.1) is 10.2 Å². The van der Waals surface area contributed by atoms with E-state index in [9.17, 15) is 13.2 Å². The van der Waals surface area contributed by atoms with Gasteiger partial charge in [0.1, 0.15) is 5.01 Å². The molecule has 3 rings (SSSR count). The molecule has 1 saturated heterocycles. The van der Waals surface area contributed by atoms with Gasteiger partial charge < -0.3 is 4.90 Å². The second-order valence-corrected chi connectivity index (χ2v) is 9.46. The predicted molar refractivity (Wildman–Crippen MR) is 87.9 cm³/mol. The van der Waals surface area contributed by atoms with Crippen LogP contribution in [0.5, 0.6) is 0 Å². The van der Waals surface area contributed by atoms with Crippen molar-refractivity contribution in [3.63, 3.8) is 0 Å². The number of carbonyl (C=O) groups excluding carboxylic acids is 1. The van der Waals surface area contributed by atoms with Gasteiger partial charge in [-0.1, -0.05) is 24.2 Å². The van der Waals surface area contributed by atoms with Gasteiger partial charge in [-0.2, -0.15) is 0 Å². The summed E-state index contributed by atoms with van der Waals surface area (Å²) in [6.07, 6.45) is 5.29. The van der Waals surface area contributed by atoms with Crippen molar-refractivity contribution < 1.29 is 13.2 Å². The summed E-state index contributed by atoms with van der Waals surface area (Å²) >= 11 is 1.25. The Morgan fingerprint density at radius 1 is 1.22 bits per heavy atom. The number of piperidine rings is 1. The summed E-state index contributed by atoms with van der Waals surface area (Å²) in [6, 6.07) is 0.0666. The molecule has 1 aromatic heterocycles. The van der Waals surface area contributed by atoms with E-state index in [0.717, 1.165) is 30.7 Å². The number of likely N-dealkylation sites (tertiary alicyclic amines) is 1. The molecule has 9 heteroatoms. The normalized spacial score (nSPS) is 23.3. The number of hydrogen-bond acceptors (Lipinski definition) is 6. The van der Waals surface area contributed by atoms with E-state index in [0.29, 0.717) is 24.4 Å². The Kier molecular flexibility index (Phi) is 4.98. The van der Waals surface area contributed by atoms with E-state index in [2.05, 4.69) is 14.9 Å². The average Bonchev–Trinajstić information content (AvgIpc) is 3.18. The summed E-state index contributed by atoms with van der Waals surface area (Å²) in [5.41, 5.74) is 0. The average molecular weight is 358 g/mol. The third-order valence-electron chi connectivity index (χ3n) is 4.50. The SMILES string of the molecule is Cc1nnc(C(=O)N2CCCC(S(=O)(=O)NC3CCCC3)C2)s1. The lowest BCUT2D eigenvalue weighted by Gasteiger charge is -2.32. The summed E-state index contributed by atoms with van der Waals surface area (Å²) < 4.78 is 28.0. The highest BCUT2D eigenvalue weighted by Gasteiger charge is 2.35. The first-order chi connectivity index (χ1) is 11.0. The molecule has 1 unspecified atom stereocenters. The highest BCUT2D eigenvalue weighted by atomic mass is 32.2. The zero-order valence-corrected chi connectivity index (χ0v) is 14.8. The topological polar surface area (TPSA) is 92.3 Å². The van der Waals surface area contributed by atoms with Crippen molar-refractivity contribution >= 4 is 27.3 Å². The molecule has 23 heavy (non-hydrogen) atoms. The minimum Gasteiger partial charge on any atom is -0.335 e. The lowest BCUT2D eigenvalue weighted by atomic mass is 10.1. The number of aromatic nitrogens is 2. The Morgan fingerprint density at radius 2 is 1.96 bits per heavy atom. The second-order valence-electron chi connectivity index (χ2n) is 6.29. The Labute approximate surface area is 140 Å². The van der Waals surface area contributed by atoms with Gasteiger partial charge >= 0.3 is 0 Å². The number of amides is 1. The van der Waals surface area contributed by atoms with E-state index in [-0.39, 0.29) is 18.5 Å². The minimum atomic E-state index is -3.39. The molecule has 2 fully saturated rings. The van der Waals surface area contributed by atoms with Gasteiger partial charge in [-0.05, 0) is 32.6 Å². The van der Waals surface area contributed by atoms with E-state index in [4.69, 9.17) is 0 Å². The smallest absolute Gasteiger partial charge is 0.284 e. The first-order valence-corrected chi connectivity index (χ1v) is 10.4. The highest BCUT2D eigenvalue weighted by Crippen LogP contribution is 2.23. The molecule has 0 spiro atoms. The van der Waals surface area contributed by atoms with Gasteiger partial charge in [-0.3, -0.25) is 4.79 Å². The molecule has 1 atom stereocenters. The molecule has 2 aliphatic rings. The van der Waals surface area contributed by atoms with Crippen molar-refractivity contribution in [3.05, 3.63) is 10.0 Å². The fraction of sp³-hybridized carbons (Fsp3) is 0.786. The van der Waals surface area contributed by atoms with Gasteiger partial charge in [0.2, 0.25) is 15.0 Å². The first kappa shape index (κ1) is 16.8. The van der Waals surface area contributed by atoms with E-state index >= 15 is 0 Å². The monoisotopic (exact) mass is 358 g/mol. The maximum Gasteiger partial charge on any atom is 0.284 e. The molecule has 1 amide bonds. The van der Waals surface area contributed by atoms with Crippen LogP contribution in [0.3, 0.4) is 0 Å². The molecule has 1 N–H and O–H groups in total. The molecular weight excluding hydrogens is 336 g/mol. The molecule has 1 aromatic rings. The number of nitrogens with zero attached hydrogens (tertiary/aromatic N) is 3. The minimum absolute atomic E-state index is 0.0666. The van der Waals surface area contributed by atoms with Crippen LogP contribution in [-0.4, -0.2) is 53.8 Å². The molecule has 1 aliphatic heterocycles. The summed E-state index contributed by atoms with van der Waals surface area (Å²) in [7, 11) is -3.39. The zero-order chi connectivity index (χ0) is 16.4. The predicted octanol–water partition coefficient (Wildman–Crippen LogP) is 1.31. The Hall–Kier alpha value is -1.06. The van der Waals surface area contributed by atoms with E-state index in [1.807, 2.05) is 0 Å². The molecule has 0 radical (unpaired) electrons. The Bertz CT molecular complexity index is 667. The quantitative estimate of drug-likeness (QED) is 0.876. The summed E-state index contributed by atoms with van der Waals surface area (Å²) in [4.78, 5) is 14.0. The Morgan fingerprint density at radius 3 is 2.61 bits per heavy atom. The largest absolute Gasteiger partial charge is 0.335 e. The Balaban J connectivity index is 1.66. The molecule has 1 aliphatic carbocycles. The van der Waals surface area contributed by atoms with Gasteiger partial charge in [-0.25, -0.2) is 13.1 Å². The molecule has 0 aromatic carbocycles. The van der Waals surface area contributed by atoms with Crippen LogP contribution in [-0.2, 0) is 10.0 Å². The molecule has 1 saturated carbocycles. The van der Waals surface area contributed by atoms with Gasteiger partial charge in [0.25, 0.3) is 5.91 Å². The van der Waals surface area contributed by atoms with Crippen LogP contribution < -0.4 is 4.72 Å². The van der Waals surface area contributed by atoms with Gasteiger partial charge in [0.15, 0.2) is 0 Å². The number of sulfonamides is 1. The molecule has 128 valence electrons. The van der Waals surface area contributed by atoms with E-state index in [1.54, 1.807) is 11.8 Å². The van der Waals surface area contributed by atoms with Crippen molar-refractivity contribution in [2.45, 2.75) is 56.7 Å². The first-order valence-electron chi connectivity index (χ1n) is 8.06. The highest BCUT2D eigenvalue weighted by molar-refractivity contribution is 7.90. The molecule has 7 nitrogen and oxygen atoms in total. The zero-order valence-electron chi connectivity index (χ0n) is 13.2. The fourth-order valence-corrected chi connectivity index (χ4v) is 5.67. The van der Waals surface area contributed by atoms with Crippen molar-refractivity contribution in [2.75, 3.05) is 13.1 Å². The number of rotatable bonds is 4. The summed E-state index contributed by atoms with van der Waals surface area (Å²) in [5, 5.41) is 8.27. The van der Waals surface area contributed by atoms with Crippen LogP contribution in [0, 0.1) is 6.92 Å². The van der Waals surface area contributed by atoms with Crippen molar-refractivity contribution in [2.24, 2.45) is 0 Å². The lowest BCUT2D eigenvalue weighted by Crippen LogP contribution is -2.49. The summed E-state index contributed by atoms with van der Waals surface area (Å²) in [5.74, 6) is -0.212. The summed E-state index contributed by atoms with van der Waals surface area (Å²) in [6.45, 7) is 2.61. The second kappa shape index (κ2) is 6.82. The maximum atomic E-state index is 12.6. The molecule has 0 bridgehead atoms. The van der Waals surface area contributed by atoms with Crippen molar-refractivity contribution in [1.29, 1.82) is 0 Å². The van der Waals surface area contributed by atoms with Crippen LogP contribution in [0.1, 0.15) is 53.3 Å². The van der Waals surface area contributed by atoms with Crippen LogP contribution in [0.2, 0.25) is 0 Å². The third kappa shape index (κ3) is 3.89. The molecule has 2 heterocycles. The van der Waals surface area contributed by atoms with E-state index in [1.165, 1.54) is 11.3 Å². The third-order valence-corrected chi connectivity index (χ3v) is 7.25. The molecular formula is C14H22N4O3S2. The van der Waals surface area contributed by atoms with Crippen molar-refractivity contribution in [3.8, 4) is 0 Å². The van der Waals surface area contributed by atoms with Crippen LogP contribution in [0.15, 0.2) is 0 Å². The standard InChI is InChI=1S/C14H22N4O3S2/c1-10-15-16-13(22-10)14(19)18-8-4-7-12(9-18)23(20,21)17-11-5-2-3-6-11/h11-12,17H,2-9H2,1H3. The number of carbonyl (C=O) groups is 1. The van der Waals surface area contributed by atoms with Crippen molar-refractivity contribution in [1.82, 2.24) is 19.8 Å². The fourth-order valence-electron chi connectivity index (χ4n) is 3.27. The maximum absolute atomic E-state index is 12.6. The lowest BCUT2D eigenvalue weighted by molar-refractivity contribution is 0.0725. The van der Waals surface area contributed by atoms with Crippen LogP contribution in [0.25, 0.3) is 0 Å². The number of aryl methyl sites for hydroxylation is 1. The van der Waals surface area contributed by atoms with Crippen LogP contribution >= 0.6 is 11.3 Å². The van der Waals surface area contributed by atoms with Gasteiger partial charge in [0.05, 0.1) is 5.25 Å². The van der Waals surface area contributed by atoms with E-state index < -0.39 is 15.3 Å².